The minimum atomic E-state index is -0.931. The summed E-state index contributed by atoms with van der Waals surface area (Å²) in [5.41, 5.74) is 1.05. The first kappa shape index (κ1) is 12.1. The zero-order valence-corrected chi connectivity index (χ0v) is 8.99. The van der Waals surface area contributed by atoms with Crippen molar-refractivity contribution in [1.29, 1.82) is 0 Å². The van der Waals surface area contributed by atoms with E-state index in [9.17, 15) is 4.79 Å². The topological polar surface area (TPSA) is 78.0 Å². The van der Waals surface area contributed by atoms with Gasteiger partial charge < -0.3 is 15.4 Å². The smallest absolute Gasteiger partial charge is 0.335 e. The number of halogens is 1. The maximum Gasteiger partial charge on any atom is 0.335 e. The molecule has 0 unspecified atom stereocenters. The van der Waals surface area contributed by atoms with Crippen LogP contribution in [0.4, 0.5) is 11.6 Å². The van der Waals surface area contributed by atoms with Gasteiger partial charge in [-0.3, -0.25) is 0 Å². The number of rotatable bonds is 3. The molecule has 0 bridgehead atoms. The van der Waals surface area contributed by atoms with Crippen molar-refractivity contribution in [2.45, 2.75) is 0 Å². The SMILES string of the molecule is Cl.O=C(O)c1ccc(Nc2ncc[nH]2)cc1. The number of aromatic nitrogens is 2. The molecule has 0 saturated heterocycles. The van der Waals surface area contributed by atoms with E-state index >= 15 is 0 Å². The first-order valence-electron chi connectivity index (χ1n) is 4.35. The molecule has 0 aliphatic carbocycles. The highest BCUT2D eigenvalue weighted by atomic mass is 35.5. The second-order valence-corrected chi connectivity index (χ2v) is 2.95. The number of nitrogens with zero attached hydrogens (tertiary/aromatic N) is 1. The molecule has 6 heteroatoms. The molecule has 0 aliphatic heterocycles. The van der Waals surface area contributed by atoms with E-state index in [1.807, 2.05) is 0 Å². The van der Waals surface area contributed by atoms with Gasteiger partial charge in [0.2, 0.25) is 5.95 Å². The second kappa shape index (κ2) is 5.18. The van der Waals surface area contributed by atoms with Crippen molar-refractivity contribution >= 4 is 30.0 Å². The Kier molecular flexibility index (Phi) is 3.90. The summed E-state index contributed by atoms with van der Waals surface area (Å²) < 4.78 is 0. The molecule has 0 aliphatic rings. The quantitative estimate of drug-likeness (QED) is 0.768. The van der Waals surface area contributed by atoms with Crippen LogP contribution in [0.2, 0.25) is 0 Å². The molecular weight excluding hydrogens is 230 g/mol. The number of nitrogens with one attached hydrogen (secondary N) is 2. The molecule has 2 aromatic rings. The molecule has 0 fully saturated rings. The van der Waals surface area contributed by atoms with Gasteiger partial charge >= 0.3 is 5.97 Å². The van der Waals surface area contributed by atoms with E-state index in [0.29, 0.717) is 5.95 Å². The zero-order chi connectivity index (χ0) is 10.7. The van der Waals surface area contributed by atoms with Crippen molar-refractivity contribution in [2.24, 2.45) is 0 Å². The minimum Gasteiger partial charge on any atom is -0.478 e. The van der Waals surface area contributed by atoms with Gasteiger partial charge in [-0.05, 0) is 24.3 Å². The lowest BCUT2D eigenvalue weighted by Gasteiger charge is -2.02. The molecule has 0 saturated carbocycles. The highest BCUT2D eigenvalue weighted by Gasteiger charge is 2.01. The molecule has 3 N–H and O–H groups in total. The fourth-order valence-corrected chi connectivity index (χ4v) is 1.17. The third kappa shape index (κ3) is 2.74. The Morgan fingerprint density at radius 2 is 2.00 bits per heavy atom. The summed E-state index contributed by atoms with van der Waals surface area (Å²) in [6, 6.07) is 6.44. The van der Waals surface area contributed by atoms with E-state index in [0.717, 1.165) is 5.69 Å². The van der Waals surface area contributed by atoms with Gasteiger partial charge in [-0.2, -0.15) is 0 Å². The van der Waals surface area contributed by atoms with Gasteiger partial charge in [0.1, 0.15) is 0 Å². The van der Waals surface area contributed by atoms with Crippen molar-refractivity contribution in [3.63, 3.8) is 0 Å². The third-order valence-corrected chi connectivity index (χ3v) is 1.89. The van der Waals surface area contributed by atoms with Gasteiger partial charge in [-0.1, -0.05) is 0 Å². The van der Waals surface area contributed by atoms with E-state index in [-0.39, 0.29) is 18.0 Å². The van der Waals surface area contributed by atoms with Gasteiger partial charge in [0.25, 0.3) is 0 Å². The fourth-order valence-electron chi connectivity index (χ4n) is 1.17. The van der Waals surface area contributed by atoms with Gasteiger partial charge in [-0.15, -0.1) is 12.4 Å². The van der Waals surface area contributed by atoms with Crippen molar-refractivity contribution in [3.05, 3.63) is 42.2 Å². The molecule has 1 aromatic heterocycles. The Labute approximate surface area is 97.9 Å². The van der Waals surface area contributed by atoms with E-state index in [1.165, 1.54) is 12.1 Å². The van der Waals surface area contributed by atoms with E-state index < -0.39 is 5.97 Å². The maximum atomic E-state index is 10.6. The van der Waals surface area contributed by atoms with E-state index in [4.69, 9.17) is 5.11 Å². The number of aromatic amines is 1. The number of imidazole rings is 1. The number of aromatic carboxylic acids is 1. The summed E-state index contributed by atoms with van der Waals surface area (Å²) >= 11 is 0. The van der Waals surface area contributed by atoms with Crippen LogP contribution in [0.3, 0.4) is 0 Å². The van der Waals surface area contributed by atoms with Crippen LogP contribution in [-0.2, 0) is 0 Å². The number of carbonyl (C=O) groups is 1. The van der Waals surface area contributed by atoms with Crippen molar-refractivity contribution in [2.75, 3.05) is 5.32 Å². The highest BCUT2D eigenvalue weighted by molar-refractivity contribution is 5.88. The minimum absolute atomic E-state index is 0. The van der Waals surface area contributed by atoms with Crippen LogP contribution in [0, 0.1) is 0 Å². The van der Waals surface area contributed by atoms with Crippen LogP contribution in [0.5, 0.6) is 0 Å². The molecule has 16 heavy (non-hydrogen) atoms. The van der Waals surface area contributed by atoms with Crippen LogP contribution in [0.15, 0.2) is 36.7 Å². The van der Waals surface area contributed by atoms with Gasteiger partial charge in [0.15, 0.2) is 0 Å². The van der Waals surface area contributed by atoms with Crippen molar-refractivity contribution < 1.29 is 9.90 Å². The van der Waals surface area contributed by atoms with Crippen molar-refractivity contribution in [1.82, 2.24) is 9.97 Å². The normalized spacial score (nSPS) is 9.25. The van der Waals surface area contributed by atoms with Crippen LogP contribution in [0.25, 0.3) is 0 Å². The number of carboxylic acids is 1. The molecule has 0 atom stereocenters. The Morgan fingerprint density at radius 1 is 1.31 bits per heavy atom. The predicted octanol–water partition coefficient (Wildman–Crippen LogP) is 2.27. The average Bonchev–Trinajstić information content (AvgIpc) is 2.71. The highest BCUT2D eigenvalue weighted by Crippen LogP contribution is 2.13. The lowest BCUT2D eigenvalue weighted by molar-refractivity contribution is 0.0697. The summed E-state index contributed by atoms with van der Waals surface area (Å²) in [5, 5.41) is 11.7. The number of anilines is 2. The summed E-state index contributed by atoms with van der Waals surface area (Å²) in [6.07, 6.45) is 3.34. The monoisotopic (exact) mass is 239 g/mol. The molecule has 1 heterocycles. The van der Waals surface area contributed by atoms with Gasteiger partial charge in [0, 0.05) is 18.1 Å². The Morgan fingerprint density at radius 3 is 2.50 bits per heavy atom. The summed E-state index contributed by atoms with van der Waals surface area (Å²) in [5.74, 6) is -0.308. The third-order valence-electron chi connectivity index (χ3n) is 1.89. The van der Waals surface area contributed by atoms with Crippen molar-refractivity contribution in [3.8, 4) is 0 Å². The molecule has 0 amide bonds. The van der Waals surface area contributed by atoms with Crippen LogP contribution in [0.1, 0.15) is 10.4 Å². The number of hydrogen-bond acceptors (Lipinski definition) is 3. The number of H-pyrrole nitrogens is 1. The molecule has 1 aromatic carbocycles. The van der Waals surface area contributed by atoms with Crippen LogP contribution in [-0.4, -0.2) is 21.0 Å². The fraction of sp³-hybridized carbons (Fsp3) is 0. The number of hydrogen-bond donors (Lipinski definition) is 3. The van der Waals surface area contributed by atoms with Gasteiger partial charge in [0.05, 0.1) is 5.56 Å². The summed E-state index contributed by atoms with van der Waals surface area (Å²) in [6.45, 7) is 0. The van der Waals surface area contributed by atoms with E-state index in [2.05, 4.69) is 15.3 Å². The Balaban J connectivity index is 0.00000128. The van der Waals surface area contributed by atoms with Crippen LogP contribution < -0.4 is 5.32 Å². The zero-order valence-electron chi connectivity index (χ0n) is 8.18. The number of benzene rings is 1. The molecule has 2 rings (SSSR count). The largest absolute Gasteiger partial charge is 0.478 e. The first-order valence-corrected chi connectivity index (χ1v) is 4.35. The Hall–Kier alpha value is -2.01. The standard InChI is InChI=1S/C10H9N3O2.ClH/c14-9(15)7-1-3-8(4-2-7)13-10-11-5-6-12-10;/h1-6H,(H,14,15)(H2,11,12,13);1H. The molecule has 5 nitrogen and oxygen atoms in total. The molecule has 0 spiro atoms. The van der Waals surface area contributed by atoms with Crippen LogP contribution >= 0.6 is 12.4 Å². The summed E-state index contributed by atoms with van der Waals surface area (Å²) in [7, 11) is 0. The lowest BCUT2D eigenvalue weighted by atomic mass is 10.2. The first-order chi connectivity index (χ1) is 7.25. The predicted molar refractivity (Wildman–Crippen MR) is 62.5 cm³/mol. The number of carboxylic acid groups (broad SMARTS) is 1. The lowest BCUT2D eigenvalue weighted by Crippen LogP contribution is -1.97. The summed E-state index contributed by atoms with van der Waals surface area (Å²) in [4.78, 5) is 17.5. The second-order valence-electron chi connectivity index (χ2n) is 2.95. The molecule has 84 valence electrons. The van der Waals surface area contributed by atoms with E-state index in [1.54, 1.807) is 24.5 Å². The molecule has 0 radical (unpaired) electrons. The maximum absolute atomic E-state index is 10.6. The van der Waals surface area contributed by atoms with Gasteiger partial charge in [-0.25, -0.2) is 9.78 Å². The Bertz CT molecular complexity index is 453. The molecular formula is C10H10ClN3O2. The average molecular weight is 240 g/mol.